The third-order valence-corrected chi connectivity index (χ3v) is 2.81. The number of aliphatic hydroxyl groups excluding tert-OH is 1. The molecule has 2 nitrogen and oxygen atoms in total. The van der Waals surface area contributed by atoms with Crippen LogP contribution >= 0.6 is 27.7 Å². The molecule has 0 unspecified atom stereocenters. The van der Waals surface area contributed by atoms with Gasteiger partial charge >= 0.3 is 0 Å². The van der Waals surface area contributed by atoms with Crippen LogP contribution in [-0.4, -0.2) is 22.4 Å². The minimum Gasteiger partial charge on any atom is -0.510 e. The Balaban J connectivity index is 2.84. The molecule has 0 saturated heterocycles. The Morgan fingerprint density at radius 1 is 1.56 bits per heavy atom. The second-order valence-electron chi connectivity index (χ2n) is 1.68. The molecule has 0 aromatic carbocycles. The maximum atomic E-state index is 10.7. The fourth-order valence-corrected chi connectivity index (χ4v) is 1.95. The molecule has 0 atom stereocenters. The van der Waals surface area contributed by atoms with Crippen molar-refractivity contribution in [3.05, 3.63) is 10.2 Å². The number of rotatable bonds is 0. The fraction of sp³-hybridized carbons (Fsp3) is 0.400. The third kappa shape index (κ3) is 1.49. The van der Waals surface area contributed by atoms with Crippen LogP contribution in [-0.2, 0) is 4.79 Å². The van der Waals surface area contributed by atoms with Crippen LogP contribution in [0.1, 0.15) is 0 Å². The average molecular weight is 209 g/mol. The highest BCUT2D eigenvalue weighted by Crippen LogP contribution is 2.22. The molecule has 1 aliphatic heterocycles. The summed E-state index contributed by atoms with van der Waals surface area (Å²) in [7, 11) is 0. The van der Waals surface area contributed by atoms with E-state index in [2.05, 4.69) is 15.9 Å². The van der Waals surface area contributed by atoms with E-state index in [0.29, 0.717) is 16.0 Å². The van der Waals surface area contributed by atoms with E-state index in [1.165, 1.54) is 11.8 Å². The Hall–Kier alpha value is 0.0400. The molecule has 1 heterocycles. The van der Waals surface area contributed by atoms with E-state index in [1.807, 2.05) is 0 Å². The number of allylic oxidation sites excluding steroid dienone is 1. The summed E-state index contributed by atoms with van der Waals surface area (Å²) in [5, 5.41) is 8.94. The predicted octanol–water partition coefficient (Wildman–Crippen LogP) is 1.47. The van der Waals surface area contributed by atoms with Crippen LogP contribution in [0.5, 0.6) is 0 Å². The maximum Gasteiger partial charge on any atom is 0.183 e. The summed E-state index contributed by atoms with van der Waals surface area (Å²) >= 11 is 4.41. The van der Waals surface area contributed by atoms with E-state index >= 15 is 0 Å². The highest BCUT2D eigenvalue weighted by molar-refractivity contribution is 9.12. The zero-order valence-electron chi connectivity index (χ0n) is 4.56. The Kier molecular flexibility index (Phi) is 2.18. The van der Waals surface area contributed by atoms with Gasteiger partial charge in [0, 0.05) is 0 Å². The normalized spacial score (nSPS) is 20.8. The highest BCUT2D eigenvalue weighted by Gasteiger charge is 2.17. The van der Waals surface area contributed by atoms with E-state index in [0.717, 1.165) is 0 Å². The van der Waals surface area contributed by atoms with Crippen LogP contribution in [0.4, 0.5) is 0 Å². The summed E-state index contributed by atoms with van der Waals surface area (Å²) in [4.78, 5) is 10.7. The summed E-state index contributed by atoms with van der Waals surface area (Å²) in [5.74, 6) is 1.16. The fourth-order valence-electron chi connectivity index (χ4n) is 0.528. The molecule has 50 valence electrons. The van der Waals surface area contributed by atoms with E-state index < -0.39 is 0 Å². The van der Waals surface area contributed by atoms with Crippen molar-refractivity contribution in [1.82, 2.24) is 0 Å². The molecule has 1 N–H and O–H groups in total. The standard InChI is InChI=1S/C5H5BrO2S/c6-5-3(7)1-9-2-4(5)8/h7H,1-2H2. The molecule has 0 aromatic heterocycles. The molecule has 4 heteroatoms. The maximum absolute atomic E-state index is 10.7. The van der Waals surface area contributed by atoms with Gasteiger partial charge in [0.1, 0.15) is 5.76 Å². The molecule has 1 aliphatic rings. The van der Waals surface area contributed by atoms with Gasteiger partial charge in [-0.1, -0.05) is 0 Å². The third-order valence-electron chi connectivity index (χ3n) is 0.970. The van der Waals surface area contributed by atoms with Crippen molar-refractivity contribution in [2.75, 3.05) is 11.5 Å². The first-order valence-electron chi connectivity index (χ1n) is 2.40. The van der Waals surface area contributed by atoms with Crippen LogP contribution in [0.15, 0.2) is 10.2 Å². The lowest BCUT2D eigenvalue weighted by Crippen LogP contribution is -2.11. The predicted molar refractivity (Wildman–Crippen MR) is 40.9 cm³/mol. The second-order valence-corrected chi connectivity index (χ2v) is 3.46. The molecule has 0 amide bonds. The molecular formula is C5H5BrO2S. The number of halogens is 1. The zero-order valence-corrected chi connectivity index (χ0v) is 6.96. The van der Waals surface area contributed by atoms with Gasteiger partial charge in [0.25, 0.3) is 0 Å². The molecule has 0 aliphatic carbocycles. The van der Waals surface area contributed by atoms with Crippen molar-refractivity contribution in [2.45, 2.75) is 0 Å². The number of Topliss-reactive ketones (excluding diaryl/α,β-unsaturated/α-hetero) is 1. The molecular weight excluding hydrogens is 204 g/mol. The van der Waals surface area contributed by atoms with Crippen LogP contribution in [0, 0.1) is 0 Å². The quantitative estimate of drug-likeness (QED) is 0.656. The van der Waals surface area contributed by atoms with Gasteiger partial charge in [0.15, 0.2) is 5.78 Å². The van der Waals surface area contributed by atoms with Gasteiger partial charge in [-0.25, -0.2) is 0 Å². The van der Waals surface area contributed by atoms with Crippen LogP contribution in [0.25, 0.3) is 0 Å². The molecule has 1 rings (SSSR count). The Morgan fingerprint density at radius 3 is 2.67 bits per heavy atom. The minimum absolute atomic E-state index is 0.0243. The van der Waals surface area contributed by atoms with Crippen molar-refractivity contribution < 1.29 is 9.90 Å². The SMILES string of the molecule is O=C1CSCC(O)=C1Br. The lowest BCUT2D eigenvalue weighted by Gasteiger charge is -2.08. The number of thioether (sulfide) groups is 1. The minimum atomic E-state index is -0.0243. The van der Waals surface area contributed by atoms with E-state index in [9.17, 15) is 4.79 Å². The number of carbonyl (C=O) groups is 1. The van der Waals surface area contributed by atoms with Gasteiger partial charge in [-0.3, -0.25) is 4.79 Å². The van der Waals surface area contributed by atoms with Gasteiger partial charge in [0.2, 0.25) is 0 Å². The molecule has 0 spiro atoms. The number of aliphatic hydroxyl groups is 1. The number of ketones is 1. The van der Waals surface area contributed by atoms with Gasteiger partial charge < -0.3 is 5.11 Å². The first-order valence-corrected chi connectivity index (χ1v) is 4.35. The second kappa shape index (κ2) is 2.75. The molecule has 0 fully saturated rings. The monoisotopic (exact) mass is 208 g/mol. The van der Waals surface area contributed by atoms with Crippen LogP contribution in [0.3, 0.4) is 0 Å². The summed E-state index contributed by atoms with van der Waals surface area (Å²) in [5.41, 5.74) is 0. The smallest absolute Gasteiger partial charge is 0.183 e. The van der Waals surface area contributed by atoms with Gasteiger partial charge in [0.05, 0.1) is 16.0 Å². The molecule has 0 saturated carbocycles. The van der Waals surface area contributed by atoms with Crippen molar-refractivity contribution in [3.8, 4) is 0 Å². The van der Waals surface area contributed by atoms with Crippen molar-refractivity contribution >= 4 is 33.5 Å². The molecule has 0 aromatic rings. The number of hydrogen-bond acceptors (Lipinski definition) is 3. The van der Waals surface area contributed by atoms with E-state index in [-0.39, 0.29) is 11.5 Å². The van der Waals surface area contributed by atoms with Crippen molar-refractivity contribution in [1.29, 1.82) is 0 Å². The van der Waals surface area contributed by atoms with Gasteiger partial charge in [-0.2, -0.15) is 0 Å². The van der Waals surface area contributed by atoms with Gasteiger partial charge in [-0.05, 0) is 15.9 Å². The lowest BCUT2D eigenvalue weighted by molar-refractivity contribution is -0.112. The Bertz CT molecular complexity index is 176. The van der Waals surface area contributed by atoms with E-state index in [1.54, 1.807) is 0 Å². The van der Waals surface area contributed by atoms with E-state index in [4.69, 9.17) is 5.11 Å². The van der Waals surface area contributed by atoms with Crippen molar-refractivity contribution in [2.24, 2.45) is 0 Å². The summed E-state index contributed by atoms with van der Waals surface area (Å²) < 4.78 is 0.348. The summed E-state index contributed by atoms with van der Waals surface area (Å²) in [6.45, 7) is 0. The van der Waals surface area contributed by atoms with Crippen LogP contribution < -0.4 is 0 Å². The summed E-state index contributed by atoms with van der Waals surface area (Å²) in [6, 6.07) is 0. The topological polar surface area (TPSA) is 37.3 Å². The zero-order chi connectivity index (χ0) is 6.85. The number of hydrogen-bond donors (Lipinski definition) is 1. The molecule has 0 radical (unpaired) electrons. The number of carbonyl (C=O) groups excluding carboxylic acids is 1. The first kappa shape index (κ1) is 7.15. The largest absolute Gasteiger partial charge is 0.510 e. The lowest BCUT2D eigenvalue weighted by atomic mass is 10.3. The highest BCUT2D eigenvalue weighted by atomic mass is 79.9. The Labute approximate surface area is 65.4 Å². The van der Waals surface area contributed by atoms with Gasteiger partial charge in [-0.15, -0.1) is 11.8 Å². The Morgan fingerprint density at radius 2 is 2.22 bits per heavy atom. The average Bonchev–Trinajstić information content (AvgIpc) is 1.83. The van der Waals surface area contributed by atoms with Crippen molar-refractivity contribution in [3.63, 3.8) is 0 Å². The summed E-state index contributed by atoms with van der Waals surface area (Å²) in [6.07, 6.45) is 0. The molecule has 0 bridgehead atoms. The van der Waals surface area contributed by atoms with Crippen LogP contribution in [0.2, 0.25) is 0 Å². The molecule has 9 heavy (non-hydrogen) atoms. The first-order chi connectivity index (χ1) is 4.22.